The van der Waals surface area contributed by atoms with Crippen LogP contribution in [0.3, 0.4) is 0 Å². The van der Waals surface area contributed by atoms with Crippen LogP contribution in [0, 0.1) is 0 Å². The molecule has 0 unspecified atom stereocenters. The van der Waals surface area contributed by atoms with Gasteiger partial charge in [-0.2, -0.15) is 0 Å². The number of hydrogen-bond donors (Lipinski definition) is 2. The molecular weight excluding hydrogens is 270 g/mol. The molecule has 2 N–H and O–H groups in total. The Kier molecular flexibility index (Phi) is 4.71. The SMILES string of the molecule is C=CCNC(=O)NCCCN1C(=O)c2ccccc2C1=O. The Morgan fingerprint density at radius 1 is 1.14 bits per heavy atom. The Hall–Kier alpha value is -2.63. The van der Waals surface area contributed by atoms with Crippen LogP contribution < -0.4 is 10.6 Å². The topological polar surface area (TPSA) is 78.5 Å². The summed E-state index contributed by atoms with van der Waals surface area (Å²) in [6.07, 6.45) is 2.09. The van der Waals surface area contributed by atoms with Gasteiger partial charge in [0.25, 0.3) is 11.8 Å². The summed E-state index contributed by atoms with van der Waals surface area (Å²) in [5, 5.41) is 5.22. The third-order valence-electron chi connectivity index (χ3n) is 3.13. The van der Waals surface area contributed by atoms with Crippen LogP contribution in [-0.2, 0) is 0 Å². The maximum absolute atomic E-state index is 12.1. The molecule has 4 amide bonds. The number of hydrogen-bond acceptors (Lipinski definition) is 3. The Morgan fingerprint density at radius 2 is 1.76 bits per heavy atom. The number of imide groups is 1. The molecule has 0 saturated carbocycles. The van der Waals surface area contributed by atoms with Crippen molar-refractivity contribution in [3.63, 3.8) is 0 Å². The summed E-state index contributed by atoms with van der Waals surface area (Å²) in [7, 11) is 0. The number of rotatable bonds is 6. The van der Waals surface area contributed by atoms with Crippen LogP contribution in [0.5, 0.6) is 0 Å². The van der Waals surface area contributed by atoms with E-state index >= 15 is 0 Å². The number of fused-ring (bicyclic) bond motifs is 1. The predicted molar refractivity (Wildman–Crippen MR) is 78.0 cm³/mol. The highest BCUT2D eigenvalue weighted by atomic mass is 16.2. The Balaban J connectivity index is 1.80. The molecule has 6 nitrogen and oxygen atoms in total. The molecular formula is C15H17N3O3. The lowest BCUT2D eigenvalue weighted by atomic mass is 10.1. The van der Waals surface area contributed by atoms with Crippen molar-refractivity contribution in [3.8, 4) is 0 Å². The lowest BCUT2D eigenvalue weighted by Crippen LogP contribution is -2.38. The van der Waals surface area contributed by atoms with Crippen LogP contribution in [-0.4, -0.2) is 42.4 Å². The van der Waals surface area contributed by atoms with Gasteiger partial charge in [0.15, 0.2) is 0 Å². The van der Waals surface area contributed by atoms with Gasteiger partial charge in [-0.15, -0.1) is 6.58 Å². The van der Waals surface area contributed by atoms with Crippen molar-refractivity contribution in [2.75, 3.05) is 19.6 Å². The number of nitrogens with one attached hydrogen (secondary N) is 2. The number of carbonyl (C=O) groups excluding carboxylic acids is 3. The Labute approximate surface area is 122 Å². The number of carbonyl (C=O) groups is 3. The summed E-state index contributed by atoms with van der Waals surface area (Å²) in [4.78, 5) is 36.6. The molecule has 0 spiro atoms. The maximum Gasteiger partial charge on any atom is 0.315 e. The van der Waals surface area contributed by atoms with E-state index in [1.807, 2.05) is 0 Å². The second-order valence-corrected chi connectivity index (χ2v) is 4.59. The molecule has 110 valence electrons. The van der Waals surface area contributed by atoms with E-state index in [1.165, 1.54) is 4.90 Å². The van der Waals surface area contributed by atoms with E-state index in [1.54, 1.807) is 30.3 Å². The minimum Gasteiger partial charge on any atom is -0.338 e. The van der Waals surface area contributed by atoms with Gasteiger partial charge in [0.2, 0.25) is 0 Å². The molecule has 1 aromatic carbocycles. The first-order valence-electron chi connectivity index (χ1n) is 6.73. The fourth-order valence-corrected chi connectivity index (χ4v) is 2.11. The van der Waals surface area contributed by atoms with Gasteiger partial charge in [0.05, 0.1) is 11.1 Å². The first kappa shape index (κ1) is 14.8. The zero-order chi connectivity index (χ0) is 15.2. The van der Waals surface area contributed by atoms with Gasteiger partial charge in [-0.1, -0.05) is 18.2 Å². The van der Waals surface area contributed by atoms with E-state index in [0.717, 1.165) is 0 Å². The van der Waals surface area contributed by atoms with Crippen molar-refractivity contribution < 1.29 is 14.4 Å². The van der Waals surface area contributed by atoms with Gasteiger partial charge < -0.3 is 10.6 Å². The monoisotopic (exact) mass is 287 g/mol. The van der Waals surface area contributed by atoms with Crippen LogP contribution in [0.4, 0.5) is 4.79 Å². The number of amides is 4. The fourth-order valence-electron chi connectivity index (χ4n) is 2.11. The molecule has 0 atom stereocenters. The summed E-state index contributed by atoms with van der Waals surface area (Å²) in [6, 6.07) is 6.47. The van der Waals surface area contributed by atoms with Crippen LogP contribution in [0.2, 0.25) is 0 Å². The molecule has 1 heterocycles. The number of nitrogens with zero attached hydrogens (tertiary/aromatic N) is 1. The van der Waals surface area contributed by atoms with Gasteiger partial charge in [-0.25, -0.2) is 4.79 Å². The summed E-state index contributed by atoms with van der Waals surface area (Å²) in [5.74, 6) is -0.543. The van der Waals surface area contributed by atoms with E-state index in [-0.39, 0.29) is 24.4 Å². The smallest absolute Gasteiger partial charge is 0.315 e. The Morgan fingerprint density at radius 3 is 2.33 bits per heavy atom. The standard InChI is InChI=1S/C15H17N3O3/c1-2-8-16-15(21)17-9-5-10-18-13(19)11-6-3-4-7-12(11)14(18)20/h2-4,6-7H,1,5,8-10H2,(H2,16,17,21). The average molecular weight is 287 g/mol. The molecule has 0 saturated heterocycles. The van der Waals surface area contributed by atoms with Crippen molar-refractivity contribution in [3.05, 3.63) is 48.0 Å². The van der Waals surface area contributed by atoms with E-state index < -0.39 is 0 Å². The zero-order valence-corrected chi connectivity index (χ0v) is 11.6. The summed E-state index contributed by atoms with van der Waals surface area (Å²) < 4.78 is 0. The van der Waals surface area contributed by atoms with Gasteiger partial charge >= 0.3 is 6.03 Å². The lowest BCUT2D eigenvalue weighted by molar-refractivity contribution is 0.0653. The van der Waals surface area contributed by atoms with Gasteiger partial charge in [-0.05, 0) is 18.6 Å². The Bertz CT molecular complexity index is 548. The molecule has 2 rings (SSSR count). The third kappa shape index (κ3) is 3.28. The molecule has 0 fully saturated rings. The summed E-state index contributed by atoms with van der Waals surface area (Å²) >= 11 is 0. The fraction of sp³-hybridized carbons (Fsp3) is 0.267. The maximum atomic E-state index is 12.1. The molecule has 0 aromatic heterocycles. The van der Waals surface area contributed by atoms with Gasteiger partial charge in [0, 0.05) is 19.6 Å². The quantitative estimate of drug-likeness (QED) is 0.468. The van der Waals surface area contributed by atoms with Crippen LogP contribution in [0.25, 0.3) is 0 Å². The minimum atomic E-state index is -0.294. The number of benzene rings is 1. The van der Waals surface area contributed by atoms with Crippen molar-refractivity contribution in [2.45, 2.75) is 6.42 Å². The van der Waals surface area contributed by atoms with Crippen molar-refractivity contribution in [1.29, 1.82) is 0 Å². The minimum absolute atomic E-state index is 0.272. The first-order chi connectivity index (χ1) is 10.1. The average Bonchev–Trinajstić information content (AvgIpc) is 2.74. The molecule has 6 heteroatoms. The molecule has 1 aliphatic heterocycles. The zero-order valence-electron chi connectivity index (χ0n) is 11.6. The van der Waals surface area contributed by atoms with Crippen molar-refractivity contribution in [1.82, 2.24) is 15.5 Å². The van der Waals surface area contributed by atoms with Gasteiger partial charge in [0.1, 0.15) is 0 Å². The highest BCUT2D eigenvalue weighted by molar-refractivity contribution is 6.21. The lowest BCUT2D eigenvalue weighted by Gasteiger charge is -2.13. The summed E-state index contributed by atoms with van der Waals surface area (Å²) in [5.41, 5.74) is 0.887. The molecule has 0 radical (unpaired) electrons. The molecule has 21 heavy (non-hydrogen) atoms. The van der Waals surface area contributed by atoms with Crippen molar-refractivity contribution in [2.24, 2.45) is 0 Å². The molecule has 0 aliphatic carbocycles. The second-order valence-electron chi connectivity index (χ2n) is 4.59. The molecule has 0 bridgehead atoms. The molecule has 1 aliphatic rings. The second kappa shape index (κ2) is 6.69. The molecule has 1 aromatic rings. The van der Waals surface area contributed by atoms with Crippen LogP contribution in [0.1, 0.15) is 27.1 Å². The summed E-state index contributed by atoms with van der Waals surface area (Å²) in [6.45, 7) is 4.56. The van der Waals surface area contributed by atoms with Crippen LogP contribution in [0.15, 0.2) is 36.9 Å². The largest absolute Gasteiger partial charge is 0.338 e. The van der Waals surface area contributed by atoms with E-state index in [2.05, 4.69) is 17.2 Å². The first-order valence-corrected chi connectivity index (χ1v) is 6.73. The normalized spacial score (nSPS) is 13.0. The predicted octanol–water partition coefficient (Wildman–Crippen LogP) is 1.16. The van der Waals surface area contributed by atoms with Crippen molar-refractivity contribution >= 4 is 17.8 Å². The van der Waals surface area contributed by atoms with Gasteiger partial charge in [-0.3, -0.25) is 14.5 Å². The van der Waals surface area contributed by atoms with E-state index in [0.29, 0.717) is 30.6 Å². The van der Waals surface area contributed by atoms with E-state index in [9.17, 15) is 14.4 Å². The van der Waals surface area contributed by atoms with Crippen LogP contribution >= 0.6 is 0 Å². The van der Waals surface area contributed by atoms with E-state index in [4.69, 9.17) is 0 Å². The number of urea groups is 1. The highest BCUT2D eigenvalue weighted by Gasteiger charge is 2.34. The highest BCUT2D eigenvalue weighted by Crippen LogP contribution is 2.22. The third-order valence-corrected chi connectivity index (χ3v) is 3.13.